The molecule has 0 heterocycles. The van der Waals surface area contributed by atoms with E-state index in [1.807, 2.05) is 13.8 Å². The summed E-state index contributed by atoms with van der Waals surface area (Å²) in [6, 6.07) is 0. The van der Waals surface area contributed by atoms with Gasteiger partial charge in [0.25, 0.3) is 0 Å². The van der Waals surface area contributed by atoms with Gasteiger partial charge in [-0.05, 0) is 24.0 Å². The van der Waals surface area contributed by atoms with Gasteiger partial charge in [-0.1, -0.05) is 32.9 Å². The van der Waals surface area contributed by atoms with E-state index in [0.29, 0.717) is 5.75 Å². The molecule has 3 aliphatic rings. The Labute approximate surface area is 359 Å². The molecular weight excluding hydrogens is 848 g/mol. The van der Waals surface area contributed by atoms with Crippen LogP contribution in [0, 0.1) is 63.4 Å². The Morgan fingerprint density at radius 1 is 0.613 bits per heavy atom. The van der Waals surface area contributed by atoms with Crippen LogP contribution in [0.2, 0.25) is 0 Å². The van der Waals surface area contributed by atoms with Gasteiger partial charge < -0.3 is 33.8 Å². The topological polar surface area (TPSA) is 342 Å². The molecule has 3 fully saturated rings. The molecular formula is C39H48N2O20S. The summed E-state index contributed by atoms with van der Waals surface area (Å²) in [5.41, 5.74) is -0.0450. The Morgan fingerprint density at radius 2 is 0.935 bits per heavy atom. The number of hydrogen-bond acceptors (Lipinski definition) is 22. The number of carbonyl (C=O) groups excluding carboxylic acids is 14. The second-order valence-corrected chi connectivity index (χ2v) is 15.4. The summed E-state index contributed by atoms with van der Waals surface area (Å²) < 4.78 is 14.2. The van der Waals surface area contributed by atoms with Crippen molar-refractivity contribution in [1.82, 2.24) is 0 Å². The highest BCUT2D eigenvalue weighted by Crippen LogP contribution is 2.27. The van der Waals surface area contributed by atoms with Crippen molar-refractivity contribution in [3.8, 4) is 0 Å². The first-order valence-corrected chi connectivity index (χ1v) is 19.4. The molecule has 0 saturated heterocycles. The Hall–Kier alpha value is -5.52. The number of oxime groups is 1. The molecule has 0 spiro atoms. The fraction of sp³-hybridized carbons (Fsp3) is 0.615. The highest BCUT2D eigenvalue weighted by Gasteiger charge is 2.54. The lowest BCUT2D eigenvalue weighted by atomic mass is 9.74. The van der Waals surface area contributed by atoms with Gasteiger partial charge in [0, 0.05) is 45.0 Å². The highest BCUT2D eigenvalue weighted by molar-refractivity contribution is 7.80. The van der Waals surface area contributed by atoms with Crippen molar-refractivity contribution >= 4 is 101 Å². The first-order chi connectivity index (χ1) is 29.0. The smallest absolute Gasteiger partial charge is 0.206 e. The van der Waals surface area contributed by atoms with Crippen LogP contribution in [0.1, 0.15) is 47.0 Å². The summed E-state index contributed by atoms with van der Waals surface area (Å²) in [6.07, 6.45) is -4.40. The largest absolute Gasteiger partial charge is 0.411 e. The van der Waals surface area contributed by atoms with E-state index in [9.17, 15) is 77.2 Å². The fourth-order valence-corrected chi connectivity index (χ4v) is 6.88. The van der Waals surface area contributed by atoms with Gasteiger partial charge in [-0.15, -0.1) is 0 Å². The van der Waals surface area contributed by atoms with E-state index in [1.54, 1.807) is 6.92 Å². The molecule has 0 amide bonds. The SMILES string of the molecule is COC1C(=O)C(C=O)C(=O)C(/C(CC(C)C)=N/O)C1=O.COC1C(=O)C(C=O)C(=O)C(C(=O)CC(C)CS)C1=O.COC1C(=O)C(C=O)C(=O)C(C(=O)CC(C)C[N+](=O)[O-])C1=O. The summed E-state index contributed by atoms with van der Waals surface area (Å²) >= 11 is 4.03. The molecule has 11 unspecified atom stereocenters. The molecule has 22 nitrogen and oxygen atoms in total. The predicted octanol–water partition coefficient (Wildman–Crippen LogP) is -1.27. The van der Waals surface area contributed by atoms with Crippen molar-refractivity contribution in [2.45, 2.75) is 65.3 Å². The third-order valence-electron chi connectivity index (χ3n) is 9.81. The van der Waals surface area contributed by atoms with Crippen LogP contribution in [0.5, 0.6) is 0 Å². The van der Waals surface area contributed by atoms with Crippen molar-refractivity contribution in [1.29, 1.82) is 0 Å². The lowest BCUT2D eigenvalue weighted by Gasteiger charge is -2.28. The zero-order valence-electron chi connectivity index (χ0n) is 34.7. The van der Waals surface area contributed by atoms with E-state index < -0.39 is 135 Å². The van der Waals surface area contributed by atoms with Gasteiger partial charge in [-0.25, -0.2) is 0 Å². The normalized spacial score (nSPS) is 27.7. The zero-order valence-corrected chi connectivity index (χ0v) is 35.6. The van der Waals surface area contributed by atoms with Gasteiger partial charge in [0.2, 0.25) is 6.54 Å². The summed E-state index contributed by atoms with van der Waals surface area (Å²) in [4.78, 5) is 174. The first-order valence-electron chi connectivity index (χ1n) is 18.8. The number of hydrogen-bond donors (Lipinski definition) is 2. The van der Waals surface area contributed by atoms with Gasteiger partial charge >= 0.3 is 0 Å². The number of rotatable bonds is 18. The third-order valence-corrected chi connectivity index (χ3v) is 10.4. The molecule has 3 aliphatic carbocycles. The summed E-state index contributed by atoms with van der Waals surface area (Å²) in [6.45, 7) is 6.32. The molecule has 340 valence electrons. The number of methoxy groups -OCH3 is 3. The number of Topliss-reactive ketones (excluding diaryl/α,β-unsaturated/α-hetero) is 11. The van der Waals surface area contributed by atoms with Crippen molar-refractivity contribution in [2.24, 2.45) is 58.4 Å². The van der Waals surface area contributed by atoms with E-state index in [-0.39, 0.29) is 55.7 Å². The van der Waals surface area contributed by atoms with Crippen LogP contribution in [0.4, 0.5) is 0 Å². The van der Waals surface area contributed by atoms with E-state index in [2.05, 4.69) is 22.5 Å². The summed E-state index contributed by atoms with van der Waals surface area (Å²) in [5.74, 6) is -19.7. The maximum Gasteiger partial charge on any atom is 0.206 e. The number of nitrogens with zero attached hydrogens (tertiary/aromatic N) is 2. The standard InChI is InChI=1S/C13H15NO8.C13H17NO6.C13H16O6S/c1-6(4-14(20)21)3-8(16)9-10(17)7(5-15)11(18)13(22-2)12(9)19;1-6(2)4-8(14-19)9-10(16)7(5-15)11(17)13(20-3)12(9)18;1-6(5-20)3-8(15)9-10(16)7(4-14)11(17)13(19-2)12(9)18/h5-7,9,13H,3-4H2,1-2H3;5-7,9,13,19H,4H2,1-3H3;4,6-7,9,13,20H,3,5H2,1-2H3/b;14-8+;. The summed E-state index contributed by atoms with van der Waals surface area (Å²) in [5, 5.41) is 22.4. The van der Waals surface area contributed by atoms with Gasteiger partial charge in [0.15, 0.2) is 81.9 Å². The Balaban J connectivity index is 0.000000466. The minimum Gasteiger partial charge on any atom is -0.411 e. The second kappa shape index (κ2) is 24.8. The van der Waals surface area contributed by atoms with Gasteiger partial charge in [0.05, 0.1) is 5.71 Å². The third kappa shape index (κ3) is 12.8. The number of nitro groups is 1. The molecule has 0 radical (unpaired) electrons. The van der Waals surface area contributed by atoms with Crippen LogP contribution < -0.4 is 0 Å². The number of carbonyl (C=O) groups is 14. The fourth-order valence-electron chi connectivity index (χ4n) is 6.75. The lowest BCUT2D eigenvalue weighted by molar-refractivity contribution is -0.487. The monoisotopic (exact) mass is 896 g/mol. The number of ether oxygens (including phenoxy) is 3. The maximum absolute atomic E-state index is 12.1. The molecule has 0 aromatic rings. The van der Waals surface area contributed by atoms with Crippen LogP contribution >= 0.6 is 12.6 Å². The van der Waals surface area contributed by atoms with Gasteiger partial charge in [0.1, 0.15) is 54.4 Å². The Morgan fingerprint density at radius 3 is 1.21 bits per heavy atom. The molecule has 1 N–H and O–H groups in total. The van der Waals surface area contributed by atoms with E-state index >= 15 is 0 Å². The van der Waals surface area contributed by atoms with Crippen molar-refractivity contribution in [3.63, 3.8) is 0 Å². The molecule has 0 aromatic carbocycles. The summed E-state index contributed by atoms with van der Waals surface area (Å²) in [7, 11) is 3.32. The van der Waals surface area contributed by atoms with Crippen molar-refractivity contribution in [3.05, 3.63) is 10.1 Å². The second-order valence-electron chi connectivity index (χ2n) is 15.0. The Kier molecular flexibility index (Phi) is 21.8. The van der Waals surface area contributed by atoms with Crippen LogP contribution in [0.25, 0.3) is 0 Å². The van der Waals surface area contributed by atoms with E-state index in [1.165, 1.54) is 6.92 Å². The highest BCUT2D eigenvalue weighted by atomic mass is 32.1. The molecule has 23 heteroatoms. The average molecular weight is 897 g/mol. The molecule has 11 atom stereocenters. The number of aldehydes is 3. The minimum absolute atomic E-state index is 0.0121. The van der Waals surface area contributed by atoms with Crippen LogP contribution in [-0.2, 0) is 81.3 Å². The number of ketones is 11. The number of thiol groups is 1. The van der Waals surface area contributed by atoms with Crippen molar-refractivity contribution in [2.75, 3.05) is 33.6 Å². The molecule has 0 aromatic heterocycles. The molecule has 62 heavy (non-hydrogen) atoms. The van der Waals surface area contributed by atoms with E-state index in [4.69, 9.17) is 14.7 Å². The van der Waals surface area contributed by atoms with Gasteiger partial charge in [-0.2, -0.15) is 12.6 Å². The zero-order chi connectivity index (χ0) is 47.9. The minimum atomic E-state index is -1.79. The van der Waals surface area contributed by atoms with Gasteiger partial charge in [-0.3, -0.25) is 62.9 Å². The first kappa shape index (κ1) is 54.5. The lowest BCUT2D eigenvalue weighted by Crippen LogP contribution is -2.55. The molecule has 3 saturated carbocycles. The quantitative estimate of drug-likeness (QED) is 0.0308. The average Bonchev–Trinajstić information content (AvgIpc) is 3.18. The van der Waals surface area contributed by atoms with Crippen LogP contribution in [-0.4, -0.2) is 150 Å². The molecule has 3 rings (SSSR count). The molecule has 0 aliphatic heterocycles. The van der Waals surface area contributed by atoms with Crippen molar-refractivity contribution < 1.29 is 91.5 Å². The Bertz CT molecular complexity index is 1890. The van der Waals surface area contributed by atoms with Crippen LogP contribution in [0.3, 0.4) is 0 Å². The maximum atomic E-state index is 12.1. The molecule has 0 bridgehead atoms. The van der Waals surface area contributed by atoms with E-state index in [0.717, 1.165) is 21.3 Å². The van der Waals surface area contributed by atoms with Crippen LogP contribution in [0.15, 0.2) is 5.16 Å². The predicted molar refractivity (Wildman–Crippen MR) is 209 cm³/mol.